The van der Waals surface area contributed by atoms with Crippen LogP contribution in [0.3, 0.4) is 0 Å². The van der Waals surface area contributed by atoms with Gasteiger partial charge in [0.25, 0.3) is 0 Å². The minimum absolute atomic E-state index is 0.278. The third kappa shape index (κ3) is 1.27. The lowest BCUT2D eigenvalue weighted by Gasteiger charge is -1.98. The molecule has 5 heteroatoms. The summed E-state index contributed by atoms with van der Waals surface area (Å²) in [6, 6.07) is 0. The van der Waals surface area contributed by atoms with E-state index in [0.29, 0.717) is 0 Å². The Morgan fingerprint density at radius 2 is 2.23 bits per heavy atom. The summed E-state index contributed by atoms with van der Waals surface area (Å²) in [5.41, 5.74) is 1.68. The van der Waals surface area contributed by atoms with Gasteiger partial charge in [0.2, 0.25) is 5.28 Å². The molecule has 0 radical (unpaired) electrons. The van der Waals surface area contributed by atoms with Crippen LogP contribution in [-0.4, -0.2) is 19.7 Å². The van der Waals surface area contributed by atoms with Crippen LogP contribution < -0.4 is 0 Å². The quantitative estimate of drug-likeness (QED) is 0.654. The molecule has 2 aromatic heterocycles. The number of fused-ring (bicyclic) bond motifs is 1. The maximum absolute atomic E-state index is 5.75. The number of hydrogen-bond donors (Lipinski definition) is 0. The lowest BCUT2D eigenvalue weighted by atomic mass is 10.3. The first-order chi connectivity index (χ1) is 6.22. The molecule has 2 rings (SSSR count). The van der Waals surface area contributed by atoms with Crippen molar-refractivity contribution >= 4 is 22.6 Å². The number of aromatic nitrogens is 4. The molecular weight excluding hydrogens is 188 g/mol. The van der Waals surface area contributed by atoms with Crippen LogP contribution in [0.2, 0.25) is 5.28 Å². The van der Waals surface area contributed by atoms with Crippen LogP contribution in [0.25, 0.3) is 11.0 Å². The van der Waals surface area contributed by atoms with E-state index in [-0.39, 0.29) is 5.28 Å². The van der Waals surface area contributed by atoms with Crippen molar-refractivity contribution in [3.63, 3.8) is 0 Å². The zero-order valence-corrected chi connectivity index (χ0v) is 8.21. The second-order valence-electron chi connectivity index (χ2n) is 2.78. The van der Waals surface area contributed by atoms with Crippen molar-refractivity contribution < 1.29 is 0 Å². The summed E-state index contributed by atoms with van der Waals surface area (Å²) >= 11 is 5.75. The Morgan fingerprint density at radius 3 is 2.92 bits per heavy atom. The monoisotopic (exact) mass is 196 g/mol. The molecule has 0 aliphatic heterocycles. The Hall–Kier alpha value is -1.16. The molecule has 0 unspecified atom stereocenters. The summed E-state index contributed by atoms with van der Waals surface area (Å²) in [7, 11) is 0. The fourth-order valence-electron chi connectivity index (χ4n) is 1.29. The first-order valence-electron chi connectivity index (χ1n) is 4.08. The molecule has 68 valence electrons. The molecule has 0 aliphatic carbocycles. The zero-order chi connectivity index (χ0) is 9.42. The smallest absolute Gasteiger partial charge is 0.224 e. The van der Waals surface area contributed by atoms with E-state index in [0.717, 1.165) is 23.3 Å². The molecule has 0 N–H and O–H groups in total. The van der Waals surface area contributed by atoms with Crippen molar-refractivity contribution in [3.05, 3.63) is 17.2 Å². The summed E-state index contributed by atoms with van der Waals surface area (Å²) in [6.07, 6.45) is 1.77. The number of halogens is 1. The van der Waals surface area contributed by atoms with Crippen molar-refractivity contribution in [2.75, 3.05) is 0 Å². The van der Waals surface area contributed by atoms with E-state index >= 15 is 0 Å². The van der Waals surface area contributed by atoms with Crippen molar-refractivity contribution in [2.24, 2.45) is 0 Å². The molecule has 2 aromatic rings. The number of rotatable bonds is 1. The van der Waals surface area contributed by atoms with E-state index in [1.165, 1.54) is 0 Å². The molecular formula is C8H9ClN4. The van der Waals surface area contributed by atoms with Crippen molar-refractivity contribution in [1.82, 2.24) is 19.7 Å². The first-order valence-corrected chi connectivity index (χ1v) is 4.46. The molecule has 0 fully saturated rings. The third-order valence-corrected chi connectivity index (χ3v) is 2.13. The van der Waals surface area contributed by atoms with Crippen LogP contribution in [0.5, 0.6) is 0 Å². The van der Waals surface area contributed by atoms with Crippen molar-refractivity contribution in [3.8, 4) is 0 Å². The van der Waals surface area contributed by atoms with E-state index in [2.05, 4.69) is 15.1 Å². The molecule has 0 aliphatic rings. The average molecular weight is 197 g/mol. The van der Waals surface area contributed by atoms with Crippen LogP contribution in [0.1, 0.15) is 12.6 Å². The highest BCUT2D eigenvalue weighted by Crippen LogP contribution is 2.16. The molecule has 0 bridgehead atoms. The van der Waals surface area contributed by atoms with Gasteiger partial charge in [-0.05, 0) is 25.4 Å². The van der Waals surface area contributed by atoms with E-state index in [9.17, 15) is 0 Å². The highest BCUT2D eigenvalue weighted by Gasteiger charge is 2.07. The summed E-state index contributed by atoms with van der Waals surface area (Å²) in [5, 5.41) is 5.41. The number of aryl methyl sites for hydroxylation is 2. The highest BCUT2D eigenvalue weighted by molar-refractivity contribution is 6.28. The average Bonchev–Trinajstić information content (AvgIpc) is 2.47. The van der Waals surface area contributed by atoms with E-state index in [1.807, 2.05) is 13.8 Å². The summed E-state index contributed by atoms with van der Waals surface area (Å²) < 4.78 is 1.80. The number of nitrogens with zero attached hydrogens (tertiary/aromatic N) is 4. The second-order valence-corrected chi connectivity index (χ2v) is 3.11. The van der Waals surface area contributed by atoms with Crippen LogP contribution in [0.4, 0.5) is 0 Å². The van der Waals surface area contributed by atoms with Gasteiger partial charge in [0.05, 0.1) is 17.3 Å². The highest BCUT2D eigenvalue weighted by atomic mass is 35.5. The first kappa shape index (κ1) is 8.44. The van der Waals surface area contributed by atoms with Crippen molar-refractivity contribution in [2.45, 2.75) is 20.4 Å². The van der Waals surface area contributed by atoms with E-state index in [1.54, 1.807) is 10.9 Å². The molecule has 0 atom stereocenters. The van der Waals surface area contributed by atoms with Gasteiger partial charge < -0.3 is 0 Å². The molecule has 2 heterocycles. The molecule has 0 amide bonds. The summed E-state index contributed by atoms with van der Waals surface area (Å²) in [4.78, 5) is 8.17. The third-order valence-electron chi connectivity index (χ3n) is 1.96. The maximum Gasteiger partial charge on any atom is 0.224 e. The topological polar surface area (TPSA) is 43.6 Å². The van der Waals surface area contributed by atoms with Crippen LogP contribution >= 0.6 is 11.6 Å². The van der Waals surface area contributed by atoms with Gasteiger partial charge in [-0.1, -0.05) is 0 Å². The Kier molecular flexibility index (Phi) is 1.92. The van der Waals surface area contributed by atoms with E-state index in [4.69, 9.17) is 11.6 Å². The van der Waals surface area contributed by atoms with Gasteiger partial charge in [-0.15, -0.1) is 0 Å². The molecule has 0 saturated heterocycles. The fourth-order valence-corrected chi connectivity index (χ4v) is 1.50. The summed E-state index contributed by atoms with van der Waals surface area (Å²) in [6.45, 7) is 4.70. The maximum atomic E-state index is 5.75. The van der Waals surface area contributed by atoms with Gasteiger partial charge in [-0.2, -0.15) is 10.1 Å². The Bertz CT molecular complexity index is 449. The minimum Gasteiger partial charge on any atom is -0.247 e. The second kappa shape index (κ2) is 2.96. The Labute approximate surface area is 80.6 Å². The lowest BCUT2D eigenvalue weighted by Crippen LogP contribution is -1.98. The lowest BCUT2D eigenvalue weighted by molar-refractivity contribution is 0.676. The standard InChI is InChI=1S/C8H9ClN4/c1-3-13-7-6(4-10-13)5(2)11-8(9)12-7/h4H,3H2,1-2H3. The Morgan fingerprint density at radius 1 is 1.46 bits per heavy atom. The molecule has 4 nitrogen and oxygen atoms in total. The predicted molar refractivity (Wildman–Crippen MR) is 50.7 cm³/mol. The largest absolute Gasteiger partial charge is 0.247 e. The van der Waals surface area contributed by atoms with Crippen LogP contribution in [-0.2, 0) is 6.54 Å². The van der Waals surface area contributed by atoms with E-state index < -0.39 is 0 Å². The van der Waals surface area contributed by atoms with Gasteiger partial charge in [-0.3, -0.25) is 0 Å². The zero-order valence-electron chi connectivity index (χ0n) is 7.45. The predicted octanol–water partition coefficient (Wildman–Crippen LogP) is 1.81. The Balaban J connectivity index is 2.82. The van der Waals surface area contributed by atoms with Gasteiger partial charge >= 0.3 is 0 Å². The molecule has 0 spiro atoms. The van der Waals surface area contributed by atoms with Gasteiger partial charge in [-0.25, -0.2) is 9.67 Å². The molecule has 0 saturated carbocycles. The normalized spacial score (nSPS) is 11.0. The van der Waals surface area contributed by atoms with Gasteiger partial charge in [0.1, 0.15) is 0 Å². The molecule has 0 aromatic carbocycles. The van der Waals surface area contributed by atoms with Gasteiger partial charge in [0, 0.05) is 6.54 Å². The minimum atomic E-state index is 0.278. The van der Waals surface area contributed by atoms with Crippen molar-refractivity contribution in [1.29, 1.82) is 0 Å². The number of hydrogen-bond acceptors (Lipinski definition) is 3. The summed E-state index contributed by atoms with van der Waals surface area (Å²) in [5.74, 6) is 0. The van der Waals surface area contributed by atoms with Gasteiger partial charge in [0.15, 0.2) is 5.65 Å². The fraction of sp³-hybridized carbons (Fsp3) is 0.375. The molecule has 13 heavy (non-hydrogen) atoms. The van der Waals surface area contributed by atoms with Crippen LogP contribution in [0.15, 0.2) is 6.20 Å². The SMILES string of the molecule is CCn1ncc2c(C)nc(Cl)nc21. The van der Waals surface area contributed by atoms with Crippen LogP contribution in [0, 0.1) is 6.92 Å².